The van der Waals surface area contributed by atoms with Crippen LogP contribution in [0.5, 0.6) is 0 Å². The molecule has 4 aromatic rings. The lowest BCUT2D eigenvalue weighted by atomic mass is 10.1. The van der Waals surface area contributed by atoms with Crippen molar-refractivity contribution in [2.24, 2.45) is 0 Å². The summed E-state index contributed by atoms with van der Waals surface area (Å²) in [6.07, 6.45) is 0.769. The van der Waals surface area contributed by atoms with Crippen LogP contribution in [0.2, 0.25) is 5.02 Å². The van der Waals surface area contributed by atoms with E-state index in [1.165, 1.54) is 0 Å². The van der Waals surface area contributed by atoms with E-state index in [1.54, 1.807) is 37.8 Å². The topological polar surface area (TPSA) is 79.4 Å². The molecule has 250 valence electrons. The second-order valence-corrected chi connectivity index (χ2v) is 12.0. The van der Waals surface area contributed by atoms with Crippen LogP contribution >= 0.6 is 11.6 Å². The third kappa shape index (κ3) is 8.34. The minimum atomic E-state index is -0.928. The zero-order valence-electron chi connectivity index (χ0n) is 27.5. The summed E-state index contributed by atoms with van der Waals surface area (Å²) in [5.41, 5.74) is 2.64. The zero-order valence-corrected chi connectivity index (χ0v) is 28.3. The smallest absolute Gasteiger partial charge is 0.329 e. The monoisotopic (exact) mass is 666 g/mol. The van der Waals surface area contributed by atoms with Crippen LogP contribution in [0.15, 0.2) is 115 Å². The molecule has 1 aliphatic heterocycles. The fourth-order valence-electron chi connectivity index (χ4n) is 5.94. The molecule has 9 nitrogen and oxygen atoms in total. The van der Waals surface area contributed by atoms with Gasteiger partial charge in [0.1, 0.15) is 6.04 Å². The molecule has 1 atom stereocenters. The van der Waals surface area contributed by atoms with Crippen LogP contribution in [-0.2, 0) is 4.79 Å². The van der Waals surface area contributed by atoms with Crippen molar-refractivity contribution >= 4 is 52.3 Å². The minimum absolute atomic E-state index is 0.0286. The van der Waals surface area contributed by atoms with Crippen molar-refractivity contribution < 1.29 is 14.4 Å². The SMILES string of the molecule is CCN(CC)CCCNC(=O)[C@@H]1CN(C(=O)N(c2ccccc2)c2ccccc2)CCN1C(=O)N(c1ccccc1)c1cccc(Cl)c1. The summed E-state index contributed by atoms with van der Waals surface area (Å²) >= 11 is 6.38. The highest BCUT2D eigenvalue weighted by Gasteiger charge is 2.40. The first-order valence-electron chi connectivity index (χ1n) is 16.5. The van der Waals surface area contributed by atoms with Gasteiger partial charge < -0.3 is 20.0 Å². The van der Waals surface area contributed by atoms with E-state index in [2.05, 4.69) is 24.1 Å². The van der Waals surface area contributed by atoms with Crippen LogP contribution in [0.1, 0.15) is 20.3 Å². The molecule has 0 radical (unpaired) electrons. The maximum Gasteiger partial charge on any atom is 0.329 e. The number of carbonyl (C=O) groups is 3. The summed E-state index contributed by atoms with van der Waals surface area (Å²) in [6, 6.07) is 33.7. The number of halogens is 1. The van der Waals surface area contributed by atoms with E-state index in [9.17, 15) is 14.4 Å². The molecule has 0 spiro atoms. The Morgan fingerprint density at radius 2 is 1.23 bits per heavy atom. The lowest BCUT2D eigenvalue weighted by Gasteiger charge is -2.43. The van der Waals surface area contributed by atoms with Crippen molar-refractivity contribution in [1.29, 1.82) is 0 Å². The maximum atomic E-state index is 14.6. The lowest BCUT2D eigenvalue weighted by Crippen LogP contribution is -2.64. The van der Waals surface area contributed by atoms with Crippen molar-refractivity contribution in [3.05, 3.63) is 120 Å². The average Bonchev–Trinajstić information content (AvgIpc) is 3.13. The van der Waals surface area contributed by atoms with Crippen molar-refractivity contribution in [2.45, 2.75) is 26.3 Å². The number of nitrogens with one attached hydrogen (secondary N) is 1. The summed E-state index contributed by atoms with van der Waals surface area (Å²) < 4.78 is 0. The van der Waals surface area contributed by atoms with Crippen LogP contribution in [0.3, 0.4) is 0 Å². The summed E-state index contributed by atoms with van der Waals surface area (Å²) in [5.74, 6) is -0.300. The van der Waals surface area contributed by atoms with Crippen LogP contribution < -0.4 is 15.1 Å². The van der Waals surface area contributed by atoms with Gasteiger partial charge in [0, 0.05) is 24.7 Å². The van der Waals surface area contributed by atoms with E-state index in [-0.39, 0.29) is 37.6 Å². The van der Waals surface area contributed by atoms with Crippen LogP contribution in [0, 0.1) is 0 Å². The molecule has 4 aromatic carbocycles. The second kappa shape index (κ2) is 16.8. The summed E-state index contributed by atoms with van der Waals surface area (Å²) in [7, 11) is 0. The molecule has 10 heteroatoms. The molecule has 0 unspecified atom stereocenters. The fourth-order valence-corrected chi connectivity index (χ4v) is 6.12. The van der Waals surface area contributed by atoms with E-state index < -0.39 is 6.04 Å². The predicted molar refractivity (Wildman–Crippen MR) is 193 cm³/mol. The van der Waals surface area contributed by atoms with Gasteiger partial charge in [0.25, 0.3) is 0 Å². The number of piperazine rings is 1. The third-order valence-corrected chi connectivity index (χ3v) is 8.77. The number of benzene rings is 4. The number of hydrogen-bond acceptors (Lipinski definition) is 4. The number of hydrogen-bond donors (Lipinski definition) is 1. The average molecular weight is 667 g/mol. The Morgan fingerprint density at radius 1 is 0.708 bits per heavy atom. The predicted octanol–water partition coefficient (Wildman–Crippen LogP) is 7.39. The fraction of sp³-hybridized carbons (Fsp3) is 0.289. The molecule has 1 N–H and O–H groups in total. The molecular formula is C38H43ClN6O3. The van der Waals surface area contributed by atoms with Gasteiger partial charge in [-0.2, -0.15) is 0 Å². The molecule has 1 aliphatic rings. The van der Waals surface area contributed by atoms with E-state index >= 15 is 0 Å². The maximum absolute atomic E-state index is 14.6. The number of amides is 5. The number of anilines is 4. The van der Waals surface area contributed by atoms with Crippen LogP contribution in [-0.4, -0.2) is 84.5 Å². The summed E-state index contributed by atoms with van der Waals surface area (Å²) in [4.78, 5) is 51.7. The molecule has 1 heterocycles. The highest BCUT2D eigenvalue weighted by atomic mass is 35.5. The van der Waals surface area contributed by atoms with E-state index in [1.807, 2.05) is 97.1 Å². The zero-order chi connectivity index (χ0) is 33.9. The Hall–Kier alpha value is -4.86. The summed E-state index contributed by atoms with van der Waals surface area (Å²) in [5, 5.41) is 3.56. The first-order valence-corrected chi connectivity index (χ1v) is 16.9. The number of carbonyl (C=O) groups excluding carboxylic acids is 3. The molecule has 1 saturated heterocycles. The van der Waals surface area contributed by atoms with E-state index in [0.29, 0.717) is 34.3 Å². The van der Waals surface area contributed by atoms with Gasteiger partial charge in [-0.25, -0.2) is 9.59 Å². The van der Waals surface area contributed by atoms with E-state index in [4.69, 9.17) is 11.6 Å². The highest BCUT2D eigenvalue weighted by molar-refractivity contribution is 6.31. The number of para-hydroxylation sites is 3. The van der Waals surface area contributed by atoms with Crippen molar-refractivity contribution in [2.75, 3.05) is 55.6 Å². The largest absolute Gasteiger partial charge is 0.354 e. The quantitative estimate of drug-likeness (QED) is 0.169. The van der Waals surface area contributed by atoms with Gasteiger partial charge in [0.15, 0.2) is 0 Å². The Bertz CT molecular complexity index is 1600. The van der Waals surface area contributed by atoms with Crippen molar-refractivity contribution in [3.8, 4) is 0 Å². The van der Waals surface area contributed by atoms with Gasteiger partial charge in [0.05, 0.1) is 29.3 Å². The van der Waals surface area contributed by atoms with Gasteiger partial charge >= 0.3 is 12.1 Å². The molecule has 0 aromatic heterocycles. The molecule has 1 fully saturated rings. The Labute approximate surface area is 288 Å². The van der Waals surface area contributed by atoms with Crippen molar-refractivity contribution in [3.63, 3.8) is 0 Å². The Kier molecular flexibility index (Phi) is 12.1. The standard InChI is InChI=1S/C38H43ClN6O3/c1-3-41(4-2)25-15-24-40-36(46)35-29-42(37(47)44(31-17-8-5-9-18-31)32-19-10-6-11-20-32)26-27-43(35)38(48)45(33-21-12-7-13-22-33)34-23-14-16-30(39)28-34/h5-14,16-23,28,35H,3-4,15,24-27,29H2,1-2H3,(H,40,46)/t35-/m0/s1. The van der Waals surface area contributed by atoms with Gasteiger partial charge in [-0.05, 0) is 80.7 Å². The number of rotatable bonds is 11. The Balaban J connectivity index is 1.45. The van der Waals surface area contributed by atoms with Gasteiger partial charge in [-0.15, -0.1) is 0 Å². The molecular weight excluding hydrogens is 624 g/mol. The molecule has 0 saturated carbocycles. The van der Waals surface area contributed by atoms with Crippen molar-refractivity contribution in [1.82, 2.24) is 20.0 Å². The molecule has 0 bridgehead atoms. The van der Waals surface area contributed by atoms with E-state index in [0.717, 1.165) is 26.1 Å². The number of urea groups is 2. The first-order chi connectivity index (χ1) is 23.4. The lowest BCUT2D eigenvalue weighted by molar-refractivity contribution is -0.126. The highest BCUT2D eigenvalue weighted by Crippen LogP contribution is 2.31. The van der Waals surface area contributed by atoms with Gasteiger partial charge in [-0.3, -0.25) is 14.6 Å². The van der Waals surface area contributed by atoms with Gasteiger partial charge in [-0.1, -0.05) is 86.1 Å². The normalized spacial score (nSPS) is 14.5. The van der Waals surface area contributed by atoms with Crippen LogP contribution in [0.25, 0.3) is 0 Å². The molecule has 5 rings (SSSR count). The molecule has 5 amide bonds. The number of nitrogens with zero attached hydrogens (tertiary/aromatic N) is 5. The Morgan fingerprint density at radius 3 is 1.75 bits per heavy atom. The van der Waals surface area contributed by atoms with Gasteiger partial charge in [0.2, 0.25) is 5.91 Å². The minimum Gasteiger partial charge on any atom is -0.354 e. The third-order valence-electron chi connectivity index (χ3n) is 8.54. The second-order valence-electron chi connectivity index (χ2n) is 11.5. The molecule has 48 heavy (non-hydrogen) atoms. The van der Waals surface area contributed by atoms with Crippen LogP contribution in [0.4, 0.5) is 32.3 Å². The summed E-state index contributed by atoms with van der Waals surface area (Å²) in [6.45, 7) is 7.84. The molecule has 0 aliphatic carbocycles. The first kappa shape index (κ1) is 34.5.